The van der Waals surface area contributed by atoms with Crippen LogP contribution < -0.4 is 21.8 Å². The number of allylic oxidation sites excluding steroid dienone is 1. The van der Waals surface area contributed by atoms with E-state index in [-0.39, 0.29) is 6.09 Å². The molecule has 8 nitrogen and oxygen atoms in total. The zero-order valence-corrected chi connectivity index (χ0v) is 14.4. The highest BCUT2D eigenvalue weighted by Gasteiger charge is 2.10. The third-order valence-corrected chi connectivity index (χ3v) is 2.80. The highest BCUT2D eigenvalue weighted by Crippen LogP contribution is 1.87. The number of halogens is 1. The van der Waals surface area contributed by atoms with Gasteiger partial charge in [-0.05, 0) is 12.5 Å². The van der Waals surface area contributed by atoms with E-state index in [1.807, 2.05) is 0 Å². The minimum Gasteiger partial charge on any atom is -0.419 e. The summed E-state index contributed by atoms with van der Waals surface area (Å²) in [5.41, 5.74) is 7.30. The lowest BCUT2D eigenvalue weighted by Gasteiger charge is -2.12. The molecule has 5 N–H and O–H groups in total. The van der Waals surface area contributed by atoms with Crippen LogP contribution in [0.3, 0.4) is 0 Å². The second-order valence-corrected chi connectivity index (χ2v) is 4.99. The van der Waals surface area contributed by atoms with Crippen molar-refractivity contribution in [2.24, 2.45) is 5.73 Å². The largest absolute Gasteiger partial charge is 0.419 e. The van der Waals surface area contributed by atoms with Gasteiger partial charge in [0.15, 0.2) is 0 Å². The van der Waals surface area contributed by atoms with Crippen molar-refractivity contribution in [1.29, 1.82) is 0 Å². The van der Waals surface area contributed by atoms with E-state index in [1.165, 1.54) is 6.26 Å². The summed E-state index contributed by atoms with van der Waals surface area (Å²) < 4.78 is 5.54. The summed E-state index contributed by atoms with van der Waals surface area (Å²) in [6, 6.07) is -0.501. The number of carbonyl (C=O) groups excluding carboxylic acids is 2. The summed E-state index contributed by atoms with van der Waals surface area (Å²) in [6.07, 6.45) is 4.88. The Morgan fingerprint density at radius 1 is 1.52 bits per heavy atom. The minimum atomic E-state index is -0.501. The van der Waals surface area contributed by atoms with Crippen molar-refractivity contribution in [1.82, 2.24) is 21.1 Å². The second kappa shape index (κ2) is 13.9. The number of alkyl halides is 1. The van der Waals surface area contributed by atoms with Crippen LogP contribution in [0.4, 0.5) is 9.59 Å². The van der Waals surface area contributed by atoms with Crippen LogP contribution in [0.2, 0.25) is 0 Å². The lowest BCUT2D eigenvalue weighted by Crippen LogP contribution is -2.44. The molecule has 0 bridgehead atoms. The molecule has 122 valence electrons. The molecule has 1 heterocycles. The van der Waals surface area contributed by atoms with Gasteiger partial charge in [-0.15, -0.1) is 0 Å². The molecule has 21 heavy (non-hydrogen) atoms. The van der Waals surface area contributed by atoms with Crippen molar-refractivity contribution in [3.63, 3.8) is 0 Å². The van der Waals surface area contributed by atoms with Crippen molar-refractivity contribution in [3.05, 3.63) is 12.3 Å². The van der Waals surface area contributed by atoms with Crippen LogP contribution in [0.25, 0.3) is 0 Å². The van der Waals surface area contributed by atoms with E-state index in [0.29, 0.717) is 13.2 Å². The van der Waals surface area contributed by atoms with Crippen LogP contribution in [0, 0.1) is 0 Å². The third kappa shape index (κ3) is 13.7. The molecule has 0 radical (unpaired) electrons. The van der Waals surface area contributed by atoms with E-state index in [2.05, 4.69) is 45.6 Å². The summed E-state index contributed by atoms with van der Waals surface area (Å²) in [5, 5.41) is 7.39. The predicted octanol–water partition coefficient (Wildman–Crippen LogP) is 0.894. The van der Waals surface area contributed by atoms with Crippen molar-refractivity contribution in [2.45, 2.75) is 19.8 Å². The Morgan fingerprint density at radius 2 is 2.29 bits per heavy atom. The maximum absolute atomic E-state index is 10.8. The Balaban J connectivity index is 0.000000394. The van der Waals surface area contributed by atoms with E-state index in [4.69, 9.17) is 10.5 Å². The van der Waals surface area contributed by atoms with Gasteiger partial charge in [-0.2, -0.15) is 0 Å². The Kier molecular flexibility index (Phi) is 13.2. The van der Waals surface area contributed by atoms with Crippen LogP contribution in [0.5, 0.6) is 0 Å². The first-order chi connectivity index (χ1) is 10.1. The highest BCUT2D eigenvalue weighted by molar-refractivity contribution is 14.1. The van der Waals surface area contributed by atoms with Gasteiger partial charge >= 0.3 is 12.1 Å². The van der Waals surface area contributed by atoms with Crippen LogP contribution in [0.15, 0.2) is 12.3 Å². The Bertz CT molecular complexity index is 322. The normalized spacial score (nSPS) is 14.4. The Morgan fingerprint density at radius 3 is 2.81 bits per heavy atom. The van der Waals surface area contributed by atoms with E-state index in [9.17, 15) is 9.59 Å². The molecule has 0 saturated carbocycles. The molecule has 0 unspecified atom stereocenters. The number of alkyl carbamates (subject to hydrolysis) is 1. The first kappa shape index (κ1) is 19.9. The smallest absolute Gasteiger partial charge is 0.411 e. The molecule has 1 saturated heterocycles. The van der Waals surface area contributed by atoms with Crippen molar-refractivity contribution in [2.75, 3.05) is 30.7 Å². The molecule has 9 heteroatoms. The van der Waals surface area contributed by atoms with E-state index >= 15 is 0 Å². The third-order valence-electron chi connectivity index (χ3n) is 2.29. The number of ether oxygens (including phenoxy) is 1. The van der Waals surface area contributed by atoms with Gasteiger partial charge in [-0.1, -0.05) is 35.9 Å². The van der Waals surface area contributed by atoms with Crippen LogP contribution in [-0.4, -0.2) is 47.9 Å². The number of hydrogen-bond donors (Lipinski definition) is 4. The molecule has 0 aliphatic carbocycles. The summed E-state index contributed by atoms with van der Waals surface area (Å²) in [5.74, 6) is 0. The molecule has 0 aromatic rings. The van der Waals surface area contributed by atoms with Gasteiger partial charge in [0.25, 0.3) is 0 Å². The van der Waals surface area contributed by atoms with Gasteiger partial charge in [0.1, 0.15) is 0 Å². The summed E-state index contributed by atoms with van der Waals surface area (Å²) in [6.45, 7) is 5.17. The average Bonchev–Trinajstić information content (AvgIpc) is 2.92. The lowest BCUT2D eigenvalue weighted by atomic mass is 10.3. The fraction of sp³-hybridized carbons (Fsp3) is 0.667. The summed E-state index contributed by atoms with van der Waals surface area (Å²) in [4.78, 5) is 21.0. The number of rotatable bonds is 6. The van der Waals surface area contributed by atoms with Gasteiger partial charge in [-0.3, -0.25) is 5.43 Å². The first-order valence-corrected chi connectivity index (χ1v) is 8.30. The van der Waals surface area contributed by atoms with Gasteiger partial charge in [0.05, 0.1) is 12.9 Å². The zero-order valence-electron chi connectivity index (χ0n) is 12.2. The fourth-order valence-electron chi connectivity index (χ4n) is 1.31. The molecule has 1 aliphatic heterocycles. The molecule has 1 aliphatic rings. The molecule has 1 rings (SSSR count). The fourth-order valence-corrected chi connectivity index (χ4v) is 1.52. The number of carbonyl (C=O) groups is 2. The molecular formula is C12H24IN5O3. The van der Waals surface area contributed by atoms with Gasteiger partial charge in [0.2, 0.25) is 0 Å². The molecule has 0 aromatic carbocycles. The number of hydrazine groups is 1. The predicted molar refractivity (Wildman–Crippen MR) is 89.7 cm³/mol. The SMILES string of the molecule is CCCCNC(=O)OC=CCI.NC(=O)NN1CCNC1. The van der Waals surface area contributed by atoms with E-state index in [0.717, 1.165) is 30.4 Å². The van der Waals surface area contributed by atoms with Gasteiger partial charge < -0.3 is 21.1 Å². The number of nitrogens with zero attached hydrogens (tertiary/aromatic N) is 1. The monoisotopic (exact) mass is 413 g/mol. The molecule has 0 aromatic heterocycles. The number of urea groups is 1. The van der Waals surface area contributed by atoms with Crippen molar-refractivity contribution >= 4 is 34.7 Å². The number of primary amides is 1. The average molecular weight is 413 g/mol. The number of amides is 3. The molecule has 0 spiro atoms. The summed E-state index contributed by atoms with van der Waals surface area (Å²) >= 11 is 2.17. The maximum atomic E-state index is 10.8. The molecule has 0 atom stereocenters. The van der Waals surface area contributed by atoms with Crippen molar-refractivity contribution in [3.8, 4) is 0 Å². The number of nitrogens with one attached hydrogen (secondary N) is 3. The number of nitrogens with two attached hydrogens (primary N) is 1. The topological polar surface area (TPSA) is 109 Å². The van der Waals surface area contributed by atoms with Crippen molar-refractivity contribution < 1.29 is 14.3 Å². The molecule has 1 fully saturated rings. The minimum absolute atomic E-state index is 0.371. The maximum Gasteiger partial charge on any atom is 0.411 e. The first-order valence-electron chi connectivity index (χ1n) is 6.77. The van der Waals surface area contributed by atoms with Crippen LogP contribution in [-0.2, 0) is 4.74 Å². The number of unbranched alkanes of at least 4 members (excludes halogenated alkanes) is 1. The summed E-state index contributed by atoms with van der Waals surface area (Å²) in [7, 11) is 0. The lowest BCUT2D eigenvalue weighted by molar-refractivity contribution is 0.185. The zero-order chi connectivity index (χ0) is 15.9. The molecular weight excluding hydrogens is 389 g/mol. The van der Waals surface area contributed by atoms with E-state index in [1.54, 1.807) is 11.1 Å². The van der Waals surface area contributed by atoms with Crippen LogP contribution >= 0.6 is 22.6 Å². The Hall–Kier alpha value is -1.07. The quantitative estimate of drug-likeness (QED) is 0.224. The standard InChI is InChI=1S/C8H14INO2.C4H10N4O/c1-2-3-6-10-8(11)12-7-4-5-9;5-4(9)7-8-2-1-6-3-8/h4,7H,2-3,5-6H2,1H3,(H,10,11);6H,1-3H2,(H3,5,7,9). The van der Waals surface area contributed by atoms with Gasteiger partial charge in [0, 0.05) is 24.1 Å². The second-order valence-electron chi connectivity index (χ2n) is 4.11. The number of hydrogen-bond acceptors (Lipinski definition) is 5. The van der Waals surface area contributed by atoms with Crippen LogP contribution in [0.1, 0.15) is 19.8 Å². The Labute approximate surface area is 138 Å². The molecule has 3 amide bonds. The van der Waals surface area contributed by atoms with E-state index < -0.39 is 6.03 Å². The highest BCUT2D eigenvalue weighted by atomic mass is 127. The van der Waals surface area contributed by atoms with Gasteiger partial charge in [-0.25, -0.2) is 14.6 Å².